The van der Waals surface area contributed by atoms with Gasteiger partial charge in [-0.2, -0.15) is 0 Å². The van der Waals surface area contributed by atoms with Crippen LogP contribution in [-0.2, 0) is 6.42 Å². The molecule has 25 heavy (non-hydrogen) atoms. The summed E-state index contributed by atoms with van der Waals surface area (Å²) in [7, 11) is 0. The number of pyridine rings is 1. The summed E-state index contributed by atoms with van der Waals surface area (Å²) in [6, 6.07) is 9.88. The van der Waals surface area contributed by atoms with Gasteiger partial charge >= 0.3 is 6.03 Å². The quantitative estimate of drug-likeness (QED) is 0.878. The number of rotatable bonds is 5. The average molecular weight is 342 g/mol. The van der Waals surface area contributed by atoms with Gasteiger partial charge in [0, 0.05) is 43.8 Å². The molecule has 132 valence electrons. The Morgan fingerprint density at radius 2 is 1.96 bits per heavy atom. The third-order valence-corrected chi connectivity index (χ3v) is 4.47. The zero-order valence-electron chi connectivity index (χ0n) is 14.1. The summed E-state index contributed by atoms with van der Waals surface area (Å²) in [6.07, 6.45) is 6.51. The third kappa shape index (κ3) is 5.53. The minimum absolute atomic E-state index is 0.158. The number of anilines is 1. The van der Waals surface area contributed by atoms with Gasteiger partial charge in [0.1, 0.15) is 5.82 Å². The normalized spacial score (nSPS) is 15.7. The van der Waals surface area contributed by atoms with Crippen molar-refractivity contribution in [3.63, 3.8) is 0 Å². The number of urea groups is 1. The van der Waals surface area contributed by atoms with Crippen LogP contribution < -0.4 is 10.6 Å². The van der Waals surface area contributed by atoms with Crippen LogP contribution in [0.3, 0.4) is 0 Å². The predicted molar refractivity (Wildman–Crippen MR) is 96.0 cm³/mol. The highest BCUT2D eigenvalue weighted by Crippen LogP contribution is 2.13. The van der Waals surface area contributed by atoms with E-state index in [4.69, 9.17) is 0 Å². The molecule has 0 unspecified atom stereocenters. The number of halogens is 1. The number of hydrogen-bond acceptors (Lipinski definition) is 3. The minimum Gasteiger partial charge on any atom is -0.335 e. The second kappa shape index (κ2) is 8.58. The zero-order chi connectivity index (χ0) is 17.5. The van der Waals surface area contributed by atoms with Crippen molar-refractivity contribution in [3.05, 3.63) is 60.2 Å². The van der Waals surface area contributed by atoms with E-state index in [1.165, 1.54) is 17.7 Å². The van der Waals surface area contributed by atoms with E-state index in [1.54, 1.807) is 12.1 Å². The molecule has 1 saturated heterocycles. The van der Waals surface area contributed by atoms with Crippen LogP contribution in [0, 0.1) is 5.82 Å². The molecule has 0 atom stereocenters. The van der Waals surface area contributed by atoms with Crippen molar-refractivity contribution in [2.75, 3.05) is 25.0 Å². The number of piperidine rings is 1. The second-order valence-electron chi connectivity index (χ2n) is 6.33. The van der Waals surface area contributed by atoms with Crippen LogP contribution in [0.25, 0.3) is 0 Å². The Labute approximate surface area is 147 Å². The monoisotopic (exact) mass is 342 g/mol. The molecule has 1 aromatic carbocycles. The van der Waals surface area contributed by atoms with E-state index in [1.807, 2.05) is 24.5 Å². The molecule has 1 aliphatic heterocycles. The van der Waals surface area contributed by atoms with Gasteiger partial charge in [-0.3, -0.25) is 4.98 Å². The maximum Gasteiger partial charge on any atom is 0.319 e. The largest absolute Gasteiger partial charge is 0.335 e. The lowest BCUT2D eigenvalue weighted by Crippen LogP contribution is -2.46. The van der Waals surface area contributed by atoms with Crippen molar-refractivity contribution in [1.82, 2.24) is 15.2 Å². The minimum atomic E-state index is -0.361. The Morgan fingerprint density at radius 1 is 1.20 bits per heavy atom. The number of nitrogens with one attached hydrogen (secondary N) is 2. The first-order valence-corrected chi connectivity index (χ1v) is 8.63. The molecule has 2 heterocycles. The van der Waals surface area contributed by atoms with E-state index in [-0.39, 0.29) is 17.9 Å². The molecule has 2 N–H and O–H groups in total. The highest BCUT2D eigenvalue weighted by Gasteiger charge is 2.20. The number of hydrogen-bond donors (Lipinski definition) is 2. The number of carbonyl (C=O) groups excluding carboxylic acids is 1. The molecule has 1 aromatic heterocycles. The molecule has 0 aliphatic carbocycles. The number of benzene rings is 1. The predicted octanol–water partition coefficient (Wildman–Crippen LogP) is 3.05. The number of nitrogens with zero attached hydrogens (tertiary/aromatic N) is 2. The fraction of sp³-hybridized carbons (Fsp3) is 0.368. The Kier molecular flexibility index (Phi) is 5.95. The smallest absolute Gasteiger partial charge is 0.319 e. The fourth-order valence-corrected chi connectivity index (χ4v) is 3.06. The van der Waals surface area contributed by atoms with Gasteiger partial charge in [-0.1, -0.05) is 6.07 Å². The SMILES string of the molecule is O=C(Nc1cccc(F)c1)NC1CCN(CCc2ccncc2)CC1. The van der Waals surface area contributed by atoms with Crippen molar-refractivity contribution >= 4 is 11.7 Å². The van der Waals surface area contributed by atoms with Crippen LogP contribution in [0.15, 0.2) is 48.8 Å². The fourth-order valence-electron chi connectivity index (χ4n) is 3.06. The first-order valence-electron chi connectivity index (χ1n) is 8.63. The molecule has 6 heteroatoms. The Morgan fingerprint density at radius 3 is 2.68 bits per heavy atom. The van der Waals surface area contributed by atoms with Gasteiger partial charge in [0.05, 0.1) is 0 Å². The van der Waals surface area contributed by atoms with E-state index in [9.17, 15) is 9.18 Å². The Balaban J connectivity index is 1.38. The molecule has 3 rings (SSSR count). The lowest BCUT2D eigenvalue weighted by Gasteiger charge is -2.32. The van der Waals surface area contributed by atoms with Crippen molar-refractivity contribution in [3.8, 4) is 0 Å². The first kappa shape index (κ1) is 17.4. The maximum atomic E-state index is 13.1. The molecule has 0 spiro atoms. The van der Waals surface area contributed by atoms with E-state index in [0.29, 0.717) is 5.69 Å². The molecule has 0 saturated carbocycles. The molecular formula is C19H23FN4O. The topological polar surface area (TPSA) is 57.3 Å². The highest BCUT2D eigenvalue weighted by molar-refractivity contribution is 5.89. The van der Waals surface area contributed by atoms with Gasteiger partial charge in [0.2, 0.25) is 0 Å². The van der Waals surface area contributed by atoms with Crippen LogP contribution in [0.2, 0.25) is 0 Å². The molecule has 0 bridgehead atoms. The maximum absolute atomic E-state index is 13.1. The molecule has 1 aliphatic rings. The van der Waals surface area contributed by atoms with Gasteiger partial charge in [-0.05, 0) is 55.2 Å². The Bertz CT molecular complexity index is 687. The first-order chi connectivity index (χ1) is 12.2. The summed E-state index contributed by atoms with van der Waals surface area (Å²) in [5.41, 5.74) is 1.76. The summed E-state index contributed by atoms with van der Waals surface area (Å²) in [5.74, 6) is -0.361. The van der Waals surface area contributed by atoms with Gasteiger partial charge < -0.3 is 15.5 Å². The van der Waals surface area contributed by atoms with Crippen LogP contribution in [0.4, 0.5) is 14.9 Å². The van der Waals surface area contributed by atoms with Gasteiger partial charge in [-0.15, -0.1) is 0 Å². The summed E-state index contributed by atoms with van der Waals surface area (Å²) in [6.45, 7) is 2.96. The van der Waals surface area contributed by atoms with E-state index < -0.39 is 0 Å². The van der Waals surface area contributed by atoms with Crippen molar-refractivity contribution < 1.29 is 9.18 Å². The second-order valence-corrected chi connectivity index (χ2v) is 6.33. The van der Waals surface area contributed by atoms with Crippen LogP contribution in [0.1, 0.15) is 18.4 Å². The third-order valence-electron chi connectivity index (χ3n) is 4.47. The lowest BCUT2D eigenvalue weighted by atomic mass is 10.0. The standard InChI is InChI=1S/C19H23FN4O/c20-16-2-1-3-18(14-16)23-19(25)22-17-7-12-24(13-8-17)11-6-15-4-9-21-10-5-15/h1-5,9-10,14,17H,6-8,11-13H2,(H2,22,23,25). The number of amides is 2. The van der Waals surface area contributed by atoms with Gasteiger partial charge in [-0.25, -0.2) is 9.18 Å². The van der Waals surface area contributed by atoms with E-state index in [0.717, 1.165) is 38.9 Å². The number of carbonyl (C=O) groups is 1. The summed E-state index contributed by atoms with van der Waals surface area (Å²) < 4.78 is 13.1. The summed E-state index contributed by atoms with van der Waals surface area (Å²) in [5, 5.41) is 5.65. The van der Waals surface area contributed by atoms with Crippen LogP contribution >= 0.6 is 0 Å². The average Bonchev–Trinajstić information content (AvgIpc) is 2.62. The molecule has 0 radical (unpaired) electrons. The highest BCUT2D eigenvalue weighted by atomic mass is 19.1. The van der Waals surface area contributed by atoms with E-state index >= 15 is 0 Å². The van der Waals surface area contributed by atoms with Crippen molar-refractivity contribution in [2.45, 2.75) is 25.3 Å². The van der Waals surface area contributed by atoms with Crippen LogP contribution in [-0.4, -0.2) is 41.6 Å². The number of aromatic nitrogens is 1. The molecule has 1 fully saturated rings. The van der Waals surface area contributed by atoms with E-state index in [2.05, 4.69) is 20.5 Å². The molecule has 5 nitrogen and oxygen atoms in total. The van der Waals surface area contributed by atoms with Crippen LogP contribution in [0.5, 0.6) is 0 Å². The summed E-state index contributed by atoms with van der Waals surface area (Å²) >= 11 is 0. The molecule has 2 aromatic rings. The summed E-state index contributed by atoms with van der Waals surface area (Å²) in [4.78, 5) is 18.5. The molecular weight excluding hydrogens is 319 g/mol. The number of likely N-dealkylation sites (tertiary alicyclic amines) is 1. The lowest BCUT2D eigenvalue weighted by molar-refractivity contribution is 0.197. The zero-order valence-corrected chi connectivity index (χ0v) is 14.1. The van der Waals surface area contributed by atoms with Crippen molar-refractivity contribution in [2.24, 2.45) is 0 Å². The van der Waals surface area contributed by atoms with Gasteiger partial charge in [0.15, 0.2) is 0 Å². The Hall–Kier alpha value is -2.47. The van der Waals surface area contributed by atoms with Gasteiger partial charge in [0.25, 0.3) is 0 Å². The molecule has 2 amide bonds. The van der Waals surface area contributed by atoms with Crippen molar-refractivity contribution in [1.29, 1.82) is 0 Å².